The van der Waals surface area contributed by atoms with Crippen molar-refractivity contribution in [3.05, 3.63) is 17.5 Å². The Bertz CT molecular complexity index is 333. The average Bonchev–Trinajstić information content (AvgIpc) is 2.57. The third kappa shape index (κ3) is 4.88. The molecule has 17 heavy (non-hydrogen) atoms. The fraction of sp³-hybridized carbons (Fsp3) is 0.769. The molecule has 98 valence electrons. The van der Waals surface area contributed by atoms with Gasteiger partial charge in [-0.25, -0.2) is 0 Å². The fourth-order valence-corrected chi connectivity index (χ4v) is 2.15. The molecule has 4 nitrogen and oxygen atoms in total. The molecule has 1 heterocycles. The molecule has 0 saturated heterocycles. The highest BCUT2D eigenvalue weighted by molar-refractivity contribution is 5.16. The van der Waals surface area contributed by atoms with Gasteiger partial charge < -0.3 is 10.4 Å². The van der Waals surface area contributed by atoms with E-state index in [0.717, 1.165) is 25.9 Å². The largest absolute Gasteiger partial charge is 0.393 e. The second kappa shape index (κ2) is 6.77. The maximum atomic E-state index is 9.28. The zero-order valence-electron chi connectivity index (χ0n) is 11.4. The van der Waals surface area contributed by atoms with Gasteiger partial charge in [-0.05, 0) is 32.2 Å². The maximum Gasteiger partial charge on any atom is 0.0666 e. The standard InChI is InChI=1S/C13H25N3O/c1-5-13-12(9-16(4)15-13)8-14-7-10(2)6-11(3)17/h9-11,14,17H,5-8H2,1-4H3. The van der Waals surface area contributed by atoms with Crippen LogP contribution in [0.3, 0.4) is 0 Å². The molecule has 2 N–H and O–H groups in total. The molecule has 0 spiro atoms. The van der Waals surface area contributed by atoms with E-state index >= 15 is 0 Å². The third-order valence-corrected chi connectivity index (χ3v) is 2.88. The lowest BCUT2D eigenvalue weighted by molar-refractivity contribution is 0.163. The molecule has 1 aromatic heterocycles. The summed E-state index contributed by atoms with van der Waals surface area (Å²) in [6.07, 6.45) is 3.68. The fourth-order valence-electron chi connectivity index (χ4n) is 2.15. The lowest BCUT2D eigenvalue weighted by Gasteiger charge is -2.14. The molecule has 0 aliphatic carbocycles. The monoisotopic (exact) mass is 239 g/mol. The SMILES string of the molecule is CCc1nn(C)cc1CNCC(C)CC(C)O. The summed E-state index contributed by atoms with van der Waals surface area (Å²) < 4.78 is 1.87. The van der Waals surface area contributed by atoms with Crippen LogP contribution in [0, 0.1) is 5.92 Å². The summed E-state index contributed by atoms with van der Waals surface area (Å²) in [5, 5.41) is 17.1. The molecule has 2 unspecified atom stereocenters. The molecule has 0 bridgehead atoms. The first-order valence-corrected chi connectivity index (χ1v) is 6.43. The van der Waals surface area contributed by atoms with Crippen LogP contribution < -0.4 is 5.32 Å². The van der Waals surface area contributed by atoms with Crippen molar-refractivity contribution < 1.29 is 5.11 Å². The zero-order chi connectivity index (χ0) is 12.8. The van der Waals surface area contributed by atoms with Gasteiger partial charge in [0.1, 0.15) is 0 Å². The van der Waals surface area contributed by atoms with Gasteiger partial charge in [-0.3, -0.25) is 4.68 Å². The molecular weight excluding hydrogens is 214 g/mol. The van der Waals surface area contributed by atoms with E-state index in [1.165, 1.54) is 11.3 Å². The Hall–Kier alpha value is -0.870. The van der Waals surface area contributed by atoms with Gasteiger partial charge in [0.2, 0.25) is 0 Å². The normalized spacial score (nSPS) is 14.9. The smallest absolute Gasteiger partial charge is 0.0666 e. The van der Waals surface area contributed by atoms with Crippen molar-refractivity contribution in [3.63, 3.8) is 0 Å². The van der Waals surface area contributed by atoms with Gasteiger partial charge >= 0.3 is 0 Å². The Morgan fingerprint density at radius 2 is 2.18 bits per heavy atom. The topological polar surface area (TPSA) is 50.1 Å². The van der Waals surface area contributed by atoms with Crippen LogP contribution in [-0.4, -0.2) is 27.5 Å². The van der Waals surface area contributed by atoms with Crippen LogP contribution in [0.5, 0.6) is 0 Å². The Balaban J connectivity index is 2.35. The molecule has 0 aromatic carbocycles. The van der Waals surface area contributed by atoms with Gasteiger partial charge in [0, 0.05) is 25.4 Å². The Labute approximate surface area is 104 Å². The summed E-state index contributed by atoms with van der Waals surface area (Å²) in [6.45, 7) is 7.92. The van der Waals surface area contributed by atoms with Crippen LogP contribution >= 0.6 is 0 Å². The maximum absolute atomic E-state index is 9.28. The van der Waals surface area contributed by atoms with Crippen LogP contribution in [0.25, 0.3) is 0 Å². The number of aryl methyl sites for hydroxylation is 2. The molecular formula is C13H25N3O. The predicted molar refractivity (Wildman–Crippen MR) is 69.8 cm³/mol. The Morgan fingerprint density at radius 3 is 2.76 bits per heavy atom. The molecule has 1 rings (SSSR count). The van der Waals surface area contributed by atoms with Crippen LogP contribution in [0.15, 0.2) is 6.20 Å². The number of nitrogens with zero attached hydrogens (tertiary/aromatic N) is 2. The van der Waals surface area contributed by atoms with Crippen molar-refractivity contribution in [2.45, 2.75) is 46.3 Å². The first kappa shape index (κ1) is 14.2. The number of aromatic nitrogens is 2. The number of aliphatic hydroxyl groups is 1. The van der Waals surface area contributed by atoms with Crippen molar-refractivity contribution in [1.29, 1.82) is 0 Å². The molecule has 0 fully saturated rings. The summed E-state index contributed by atoms with van der Waals surface area (Å²) in [5.41, 5.74) is 2.45. The lowest BCUT2D eigenvalue weighted by Crippen LogP contribution is -2.23. The third-order valence-electron chi connectivity index (χ3n) is 2.88. The van der Waals surface area contributed by atoms with E-state index in [2.05, 4.69) is 30.5 Å². The first-order valence-electron chi connectivity index (χ1n) is 6.43. The van der Waals surface area contributed by atoms with E-state index in [0.29, 0.717) is 5.92 Å². The van der Waals surface area contributed by atoms with Gasteiger partial charge in [0.25, 0.3) is 0 Å². The van der Waals surface area contributed by atoms with Crippen LogP contribution in [0.1, 0.15) is 38.4 Å². The molecule has 4 heteroatoms. The summed E-state index contributed by atoms with van der Waals surface area (Å²) in [5.74, 6) is 0.497. The van der Waals surface area contributed by atoms with Crippen LogP contribution in [0.4, 0.5) is 0 Å². The highest BCUT2D eigenvalue weighted by Gasteiger charge is 2.08. The van der Waals surface area contributed by atoms with Crippen LogP contribution in [0.2, 0.25) is 0 Å². The Kier molecular flexibility index (Phi) is 5.65. The van der Waals surface area contributed by atoms with E-state index < -0.39 is 0 Å². The number of hydrogen-bond donors (Lipinski definition) is 2. The lowest BCUT2D eigenvalue weighted by atomic mass is 10.0. The molecule has 1 aromatic rings. The molecule has 0 amide bonds. The minimum Gasteiger partial charge on any atom is -0.393 e. The molecule has 0 saturated carbocycles. The number of nitrogens with one attached hydrogen (secondary N) is 1. The number of aliphatic hydroxyl groups excluding tert-OH is 1. The van der Waals surface area contributed by atoms with E-state index in [9.17, 15) is 5.11 Å². The summed E-state index contributed by atoms with van der Waals surface area (Å²) in [6, 6.07) is 0. The second-order valence-corrected chi connectivity index (χ2v) is 4.95. The zero-order valence-corrected chi connectivity index (χ0v) is 11.4. The predicted octanol–water partition coefficient (Wildman–Crippen LogP) is 1.48. The van der Waals surface area contributed by atoms with E-state index in [-0.39, 0.29) is 6.10 Å². The van der Waals surface area contributed by atoms with Crippen molar-refractivity contribution in [2.24, 2.45) is 13.0 Å². The van der Waals surface area contributed by atoms with Crippen molar-refractivity contribution >= 4 is 0 Å². The highest BCUT2D eigenvalue weighted by Crippen LogP contribution is 2.08. The molecule has 0 aliphatic heterocycles. The minimum atomic E-state index is -0.212. The van der Waals surface area contributed by atoms with Gasteiger partial charge in [-0.1, -0.05) is 13.8 Å². The summed E-state index contributed by atoms with van der Waals surface area (Å²) >= 11 is 0. The van der Waals surface area contributed by atoms with Gasteiger partial charge in [-0.2, -0.15) is 5.10 Å². The van der Waals surface area contributed by atoms with Gasteiger partial charge in [-0.15, -0.1) is 0 Å². The van der Waals surface area contributed by atoms with Crippen molar-refractivity contribution in [3.8, 4) is 0 Å². The summed E-state index contributed by atoms with van der Waals surface area (Å²) in [7, 11) is 1.96. The quantitative estimate of drug-likeness (QED) is 0.758. The van der Waals surface area contributed by atoms with Gasteiger partial charge in [0.05, 0.1) is 11.8 Å². The van der Waals surface area contributed by atoms with E-state index in [1.807, 2.05) is 18.7 Å². The first-order chi connectivity index (χ1) is 8.02. The number of hydrogen-bond acceptors (Lipinski definition) is 3. The summed E-state index contributed by atoms with van der Waals surface area (Å²) in [4.78, 5) is 0. The van der Waals surface area contributed by atoms with Gasteiger partial charge in [0.15, 0.2) is 0 Å². The average molecular weight is 239 g/mol. The molecule has 0 radical (unpaired) electrons. The molecule has 0 aliphatic rings. The highest BCUT2D eigenvalue weighted by atomic mass is 16.3. The number of rotatable bonds is 7. The minimum absolute atomic E-state index is 0.212. The van der Waals surface area contributed by atoms with E-state index in [1.54, 1.807) is 0 Å². The van der Waals surface area contributed by atoms with Crippen molar-refractivity contribution in [1.82, 2.24) is 15.1 Å². The van der Waals surface area contributed by atoms with E-state index in [4.69, 9.17) is 0 Å². The van der Waals surface area contributed by atoms with Crippen LogP contribution in [-0.2, 0) is 20.0 Å². The second-order valence-electron chi connectivity index (χ2n) is 4.95. The Morgan fingerprint density at radius 1 is 1.47 bits per heavy atom. The van der Waals surface area contributed by atoms with Crippen molar-refractivity contribution in [2.75, 3.05) is 6.54 Å². The molecule has 2 atom stereocenters.